The first-order valence-corrected chi connectivity index (χ1v) is 9.16. The fraction of sp³-hybridized carbons (Fsp3) is 0.200. The fourth-order valence-corrected chi connectivity index (χ4v) is 3.23. The van der Waals surface area contributed by atoms with Crippen molar-refractivity contribution in [2.24, 2.45) is 4.99 Å². The molecule has 0 spiro atoms. The molecule has 3 rings (SSSR count). The Morgan fingerprint density at radius 3 is 2.56 bits per heavy atom. The summed E-state index contributed by atoms with van der Waals surface area (Å²) in [6.07, 6.45) is 1.79. The van der Waals surface area contributed by atoms with Crippen molar-refractivity contribution in [2.45, 2.75) is 20.0 Å². The zero-order chi connectivity index (χ0) is 19.4. The van der Waals surface area contributed by atoms with Crippen molar-refractivity contribution in [3.05, 3.63) is 58.8 Å². The molecule has 1 amide bonds. The number of amides is 1. The molecule has 0 atom stereocenters. The molecule has 27 heavy (non-hydrogen) atoms. The van der Waals surface area contributed by atoms with Crippen LogP contribution in [0.2, 0.25) is 0 Å². The van der Waals surface area contributed by atoms with Crippen LogP contribution in [0, 0.1) is 5.82 Å². The average molecular weight is 386 g/mol. The van der Waals surface area contributed by atoms with Gasteiger partial charge in [-0.3, -0.25) is 4.79 Å². The molecular weight excluding hydrogens is 367 g/mol. The number of aliphatic imine (C=N–C) groups is 1. The zero-order valence-electron chi connectivity index (χ0n) is 15.2. The molecular formula is C20H19FN2O3S. The van der Waals surface area contributed by atoms with E-state index in [1.165, 1.54) is 23.9 Å². The van der Waals surface area contributed by atoms with Crippen LogP contribution >= 0.6 is 11.8 Å². The number of amidine groups is 1. The molecule has 140 valence electrons. The van der Waals surface area contributed by atoms with Crippen LogP contribution in [-0.2, 0) is 4.79 Å². The quantitative estimate of drug-likeness (QED) is 0.768. The first-order valence-electron chi connectivity index (χ1n) is 8.34. The van der Waals surface area contributed by atoms with E-state index in [4.69, 9.17) is 9.47 Å². The second kappa shape index (κ2) is 8.26. The number of halogens is 1. The first-order chi connectivity index (χ1) is 12.9. The van der Waals surface area contributed by atoms with Gasteiger partial charge >= 0.3 is 0 Å². The highest BCUT2D eigenvalue weighted by Crippen LogP contribution is 2.32. The van der Waals surface area contributed by atoms with E-state index in [-0.39, 0.29) is 17.8 Å². The summed E-state index contributed by atoms with van der Waals surface area (Å²) in [5.74, 6) is 0.683. The Balaban J connectivity index is 1.81. The molecule has 1 aliphatic heterocycles. The van der Waals surface area contributed by atoms with E-state index >= 15 is 0 Å². The predicted octanol–water partition coefficient (Wildman–Crippen LogP) is 4.51. The normalized spacial score (nSPS) is 16.9. The summed E-state index contributed by atoms with van der Waals surface area (Å²) in [6.45, 7) is 3.88. The van der Waals surface area contributed by atoms with E-state index in [9.17, 15) is 9.18 Å². The number of carbonyl (C=O) groups is 1. The Morgan fingerprint density at radius 2 is 1.89 bits per heavy atom. The molecule has 1 aliphatic rings. The number of ether oxygens (including phenoxy) is 2. The molecule has 1 N–H and O–H groups in total. The second-order valence-electron chi connectivity index (χ2n) is 6.04. The highest BCUT2D eigenvalue weighted by Gasteiger charge is 2.24. The van der Waals surface area contributed by atoms with E-state index in [2.05, 4.69) is 10.3 Å². The van der Waals surface area contributed by atoms with Gasteiger partial charge in [0.1, 0.15) is 5.82 Å². The van der Waals surface area contributed by atoms with E-state index in [0.29, 0.717) is 27.3 Å². The molecule has 0 aromatic heterocycles. The van der Waals surface area contributed by atoms with Gasteiger partial charge in [0.05, 0.1) is 23.8 Å². The third-order valence-corrected chi connectivity index (χ3v) is 4.47. The summed E-state index contributed by atoms with van der Waals surface area (Å²) >= 11 is 1.23. The number of hydrogen-bond acceptors (Lipinski definition) is 5. The molecule has 2 aromatic rings. The van der Waals surface area contributed by atoms with E-state index in [1.54, 1.807) is 25.3 Å². The summed E-state index contributed by atoms with van der Waals surface area (Å²) in [5, 5.41) is 3.16. The average Bonchev–Trinajstić information content (AvgIpc) is 2.97. The third-order valence-electron chi connectivity index (χ3n) is 3.56. The first kappa shape index (κ1) is 19.0. The standard InChI is InChI=1S/C20H19FN2O3S/c1-12(2)26-16-9-4-13(10-17(16)25-3)11-18-19(24)23-20(27-18)22-15-7-5-14(21)6-8-15/h4-12H,1-3H3,(H,22,23,24)/b18-11+. The van der Waals surface area contributed by atoms with Crippen LogP contribution in [0.3, 0.4) is 0 Å². The van der Waals surface area contributed by atoms with Crippen LogP contribution in [0.25, 0.3) is 6.08 Å². The van der Waals surface area contributed by atoms with Crippen LogP contribution in [0.4, 0.5) is 10.1 Å². The molecule has 5 nitrogen and oxygen atoms in total. The minimum Gasteiger partial charge on any atom is -0.493 e. The molecule has 7 heteroatoms. The van der Waals surface area contributed by atoms with Crippen molar-refractivity contribution in [3.63, 3.8) is 0 Å². The van der Waals surface area contributed by atoms with Gasteiger partial charge in [0, 0.05) is 0 Å². The number of carbonyl (C=O) groups excluding carboxylic acids is 1. The highest BCUT2D eigenvalue weighted by molar-refractivity contribution is 8.18. The molecule has 2 aromatic carbocycles. The number of rotatable bonds is 5. The van der Waals surface area contributed by atoms with Crippen molar-refractivity contribution in [1.82, 2.24) is 5.32 Å². The Hall–Kier alpha value is -2.80. The van der Waals surface area contributed by atoms with E-state index in [0.717, 1.165) is 5.56 Å². The molecule has 0 radical (unpaired) electrons. The van der Waals surface area contributed by atoms with Gasteiger partial charge in [-0.1, -0.05) is 6.07 Å². The van der Waals surface area contributed by atoms with Crippen molar-refractivity contribution in [1.29, 1.82) is 0 Å². The van der Waals surface area contributed by atoms with Gasteiger partial charge in [-0.2, -0.15) is 0 Å². The second-order valence-corrected chi connectivity index (χ2v) is 7.07. The lowest BCUT2D eigenvalue weighted by molar-refractivity contribution is -0.115. The topological polar surface area (TPSA) is 59.9 Å². The van der Waals surface area contributed by atoms with Crippen molar-refractivity contribution in [2.75, 3.05) is 7.11 Å². The molecule has 1 saturated heterocycles. The summed E-state index contributed by atoms with van der Waals surface area (Å²) in [7, 11) is 1.57. The summed E-state index contributed by atoms with van der Waals surface area (Å²) in [6, 6.07) is 11.2. The number of hydrogen-bond donors (Lipinski definition) is 1. The van der Waals surface area contributed by atoms with Crippen LogP contribution < -0.4 is 14.8 Å². The van der Waals surface area contributed by atoms with Gasteiger partial charge in [0.2, 0.25) is 0 Å². The number of benzene rings is 2. The molecule has 1 fully saturated rings. The van der Waals surface area contributed by atoms with Crippen LogP contribution in [0.1, 0.15) is 19.4 Å². The van der Waals surface area contributed by atoms with Crippen molar-refractivity contribution < 1.29 is 18.7 Å². The van der Waals surface area contributed by atoms with Gasteiger partial charge in [-0.15, -0.1) is 0 Å². The maximum absolute atomic E-state index is 13.0. The largest absolute Gasteiger partial charge is 0.493 e. The Labute approximate surface area is 161 Å². The Kier molecular flexibility index (Phi) is 5.81. The summed E-state index contributed by atoms with van der Waals surface area (Å²) in [4.78, 5) is 17.0. The van der Waals surface area contributed by atoms with Crippen LogP contribution in [0.5, 0.6) is 11.5 Å². The van der Waals surface area contributed by atoms with Gasteiger partial charge in [0.15, 0.2) is 16.7 Å². The lowest BCUT2D eigenvalue weighted by Gasteiger charge is -2.13. The highest BCUT2D eigenvalue weighted by atomic mass is 32.2. The molecule has 0 aliphatic carbocycles. The minimum atomic E-state index is -0.332. The number of methoxy groups -OCH3 is 1. The minimum absolute atomic E-state index is 0.0319. The lowest BCUT2D eigenvalue weighted by Crippen LogP contribution is -2.19. The van der Waals surface area contributed by atoms with E-state index in [1.807, 2.05) is 32.0 Å². The van der Waals surface area contributed by atoms with Gasteiger partial charge < -0.3 is 14.8 Å². The van der Waals surface area contributed by atoms with Crippen LogP contribution in [-0.4, -0.2) is 24.3 Å². The molecule has 0 bridgehead atoms. The third kappa shape index (κ3) is 4.89. The summed E-state index contributed by atoms with van der Waals surface area (Å²) in [5.41, 5.74) is 1.38. The van der Waals surface area contributed by atoms with Crippen LogP contribution in [0.15, 0.2) is 52.4 Å². The smallest absolute Gasteiger partial charge is 0.264 e. The van der Waals surface area contributed by atoms with Gasteiger partial charge in [0.25, 0.3) is 5.91 Å². The fourth-order valence-electron chi connectivity index (χ4n) is 2.39. The zero-order valence-corrected chi connectivity index (χ0v) is 16.0. The number of nitrogens with zero attached hydrogens (tertiary/aromatic N) is 1. The summed E-state index contributed by atoms with van der Waals surface area (Å²) < 4.78 is 24.0. The maximum Gasteiger partial charge on any atom is 0.264 e. The Bertz CT molecular complexity index is 908. The number of thioether (sulfide) groups is 1. The lowest BCUT2D eigenvalue weighted by atomic mass is 10.2. The van der Waals surface area contributed by atoms with Gasteiger partial charge in [-0.05, 0) is 73.6 Å². The van der Waals surface area contributed by atoms with Gasteiger partial charge in [-0.25, -0.2) is 9.38 Å². The van der Waals surface area contributed by atoms with Crippen molar-refractivity contribution in [3.8, 4) is 11.5 Å². The molecule has 1 heterocycles. The SMILES string of the molecule is COc1cc(/C=C2/SC(=Nc3ccc(F)cc3)NC2=O)ccc1OC(C)C. The monoisotopic (exact) mass is 386 g/mol. The molecule has 0 unspecified atom stereocenters. The van der Waals surface area contributed by atoms with E-state index < -0.39 is 0 Å². The number of nitrogens with one attached hydrogen (secondary N) is 1. The molecule has 0 saturated carbocycles. The Morgan fingerprint density at radius 1 is 1.15 bits per heavy atom. The maximum atomic E-state index is 13.0. The van der Waals surface area contributed by atoms with Crippen molar-refractivity contribution >= 4 is 34.6 Å². The predicted molar refractivity (Wildman–Crippen MR) is 106 cm³/mol.